The summed E-state index contributed by atoms with van der Waals surface area (Å²) in [5.74, 6) is 0. The van der Waals surface area contributed by atoms with E-state index in [2.05, 4.69) is 17.2 Å². The first kappa shape index (κ1) is 14.8. The molecule has 0 bridgehead atoms. The Kier molecular flexibility index (Phi) is 5.22. The van der Waals surface area contributed by atoms with Gasteiger partial charge in [0.05, 0.1) is 10.7 Å². The van der Waals surface area contributed by atoms with Crippen molar-refractivity contribution in [2.45, 2.75) is 26.8 Å². The predicted molar refractivity (Wildman–Crippen MR) is 83.5 cm³/mol. The summed E-state index contributed by atoms with van der Waals surface area (Å²) in [7, 11) is 0. The Morgan fingerprint density at radius 1 is 1.26 bits per heavy atom. The van der Waals surface area contributed by atoms with Crippen LogP contribution in [0.2, 0.25) is 10.0 Å². The highest BCUT2D eigenvalue weighted by atomic mass is 35.5. The van der Waals surface area contributed by atoms with Crippen molar-refractivity contribution < 1.29 is 0 Å². The van der Waals surface area contributed by atoms with Gasteiger partial charge in [-0.2, -0.15) is 0 Å². The monoisotopic (exact) mass is 314 g/mol. The minimum absolute atomic E-state index is 0.678. The van der Waals surface area contributed by atoms with Gasteiger partial charge in [-0.3, -0.25) is 0 Å². The van der Waals surface area contributed by atoms with E-state index in [1.54, 1.807) is 17.4 Å². The van der Waals surface area contributed by atoms with Crippen LogP contribution in [-0.2, 0) is 13.0 Å². The van der Waals surface area contributed by atoms with Gasteiger partial charge in [0, 0.05) is 21.5 Å². The molecule has 0 amide bonds. The maximum Gasteiger partial charge on any atom is 0.0900 e. The third-order valence-electron chi connectivity index (χ3n) is 2.87. The molecule has 0 unspecified atom stereocenters. The molecule has 0 saturated carbocycles. The number of rotatable bonds is 5. The third kappa shape index (κ3) is 4.18. The average Bonchev–Trinajstić information content (AvgIpc) is 2.65. The molecule has 1 aromatic carbocycles. The van der Waals surface area contributed by atoms with Crippen molar-refractivity contribution in [2.24, 2.45) is 0 Å². The summed E-state index contributed by atoms with van der Waals surface area (Å²) in [5, 5.41) is 5.96. The van der Waals surface area contributed by atoms with Gasteiger partial charge in [-0.1, -0.05) is 29.3 Å². The van der Waals surface area contributed by atoms with Crippen LogP contribution in [0.1, 0.15) is 21.1 Å². The van der Waals surface area contributed by atoms with Crippen LogP contribution in [-0.4, -0.2) is 11.5 Å². The third-order valence-corrected chi connectivity index (χ3v) is 4.53. The molecule has 0 radical (unpaired) electrons. The minimum atomic E-state index is 0.678. The molecule has 19 heavy (non-hydrogen) atoms. The van der Waals surface area contributed by atoms with Gasteiger partial charge in [0.25, 0.3) is 0 Å². The second-order valence-electron chi connectivity index (χ2n) is 4.40. The van der Waals surface area contributed by atoms with E-state index in [1.807, 2.05) is 19.1 Å². The molecule has 0 aliphatic rings. The Morgan fingerprint density at radius 3 is 2.68 bits per heavy atom. The molecule has 2 aromatic rings. The number of aryl methyl sites for hydroxylation is 2. The zero-order valence-electron chi connectivity index (χ0n) is 11.0. The van der Waals surface area contributed by atoms with E-state index in [4.69, 9.17) is 23.2 Å². The first-order chi connectivity index (χ1) is 9.06. The van der Waals surface area contributed by atoms with Crippen LogP contribution in [0.15, 0.2) is 18.2 Å². The molecule has 1 heterocycles. The highest BCUT2D eigenvalue weighted by Crippen LogP contribution is 2.21. The molecular formula is C14H16Cl2N2S. The van der Waals surface area contributed by atoms with Crippen LogP contribution in [0.5, 0.6) is 0 Å². The summed E-state index contributed by atoms with van der Waals surface area (Å²) in [5.41, 5.74) is 2.25. The van der Waals surface area contributed by atoms with Crippen LogP contribution >= 0.6 is 34.5 Å². The maximum absolute atomic E-state index is 6.13. The molecule has 0 spiro atoms. The van der Waals surface area contributed by atoms with E-state index in [9.17, 15) is 0 Å². The molecule has 0 aliphatic carbocycles. The molecule has 0 saturated heterocycles. The second-order valence-corrected chi connectivity index (χ2v) is 6.54. The molecule has 2 nitrogen and oxygen atoms in total. The predicted octanol–water partition coefficient (Wildman–Crippen LogP) is 4.40. The van der Waals surface area contributed by atoms with Crippen molar-refractivity contribution in [3.05, 3.63) is 49.4 Å². The average molecular weight is 315 g/mol. The lowest BCUT2D eigenvalue weighted by Gasteiger charge is -2.06. The topological polar surface area (TPSA) is 24.9 Å². The summed E-state index contributed by atoms with van der Waals surface area (Å²) >= 11 is 13.8. The van der Waals surface area contributed by atoms with Crippen molar-refractivity contribution in [1.29, 1.82) is 0 Å². The number of benzene rings is 1. The van der Waals surface area contributed by atoms with Gasteiger partial charge in [-0.15, -0.1) is 11.3 Å². The number of hydrogen-bond donors (Lipinski definition) is 1. The minimum Gasteiger partial charge on any atom is -0.311 e. The van der Waals surface area contributed by atoms with Crippen molar-refractivity contribution >= 4 is 34.5 Å². The van der Waals surface area contributed by atoms with E-state index in [0.717, 1.165) is 40.8 Å². The second kappa shape index (κ2) is 6.71. The van der Waals surface area contributed by atoms with Crippen LogP contribution in [0.4, 0.5) is 0 Å². The van der Waals surface area contributed by atoms with Crippen molar-refractivity contribution in [3.8, 4) is 0 Å². The van der Waals surface area contributed by atoms with Gasteiger partial charge in [-0.25, -0.2) is 4.98 Å². The zero-order chi connectivity index (χ0) is 13.8. The molecule has 2 rings (SSSR count). The number of nitrogens with zero attached hydrogens (tertiary/aromatic N) is 1. The van der Waals surface area contributed by atoms with E-state index < -0.39 is 0 Å². The van der Waals surface area contributed by atoms with Gasteiger partial charge in [0.1, 0.15) is 0 Å². The highest BCUT2D eigenvalue weighted by molar-refractivity contribution is 7.11. The van der Waals surface area contributed by atoms with E-state index >= 15 is 0 Å². The summed E-state index contributed by atoms with van der Waals surface area (Å²) < 4.78 is 0. The Hall–Kier alpha value is -0.610. The zero-order valence-corrected chi connectivity index (χ0v) is 13.3. The summed E-state index contributed by atoms with van der Waals surface area (Å²) in [6, 6.07) is 5.64. The molecule has 102 valence electrons. The van der Waals surface area contributed by atoms with E-state index in [1.165, 1.54) is 4.88 Å². The molecule has 0 fully saturated rings. The molecule has 0 aliphatic heterocycles. The Morgan fingerprint density at radius 2 is 2.05 bits per heavy atom. The van der Waals surface area contributed by atoms with Gasteiger partial charge >= 0.3 is 0 Å². The Bertz CT molecular complexity index is 567. The lowest BCUT2D eigenvalue weighted by molar-refractivity contribution is 0.690. The number of hydrogen-bond acceptors (Lipinski definition) is 3. The van der Waals surface area contributed by atoms with Crippen LogP contribution in [0.3, 0.4) is 0 Å². The summed E-state index contributed by atoms with van der Waals surface area (Å²) in [6.07, 6.45) is 0.896. The van der Waals surface area contributed by atoms with Gasteiger partial charge < -0.3 is 5.32 Å². The van der Waals surface area contributed by atoms with Crippen LogP contribution in [0.25, 0.3) is 0 Å². The SMILES string of the molecule is Cc1nc(C)c(CNCCc2ccc(Cl)cc2Cl)s1. The van der Waals surface area contributed by atoms with Crippen LogP contribution < -0.4 is 5.32 Å². The number of thiazole rings is 1. The van der Waals surface area contributed by atoms with Crippen LogP contribution in [0, 0.1) is 13.8 Å². The van der Waals surface area contributed by atoms with Gasteiger partial charge in [0.15, 0.2) is 0 Å². The number of nitrogens with one attached hydrogen (secondary N) is 1. The molecule has 0 atom stereocenters. The molecule has 1 aromatic heterocycles. The standard InChI is InChI=1S/C14H16Cl2N2S/c1-9-14(19-10(2)18-9)8-17-6-5-11-3-4-12(15)7-13(11)16/h3-4,7,17H,5-6,8H2,1-2H3. The number of aromatic nitrogens is 1. The fourth-order valence-electron chi connectivity index (χ4n) is 1.89. The molecular weight excluding hydrogens is 299 g/mol. The highest BCUT2D eigenvalue weighted by Gasteiger charge is 2.05. The summed E-state index contributed by atoms with van der Waals surface area (Å²) in [4.78, 5) is 5.72. The molecule has 5 heteroatoms. The van der Waals surface area contributed by atoms with E-state index in [-0.39, 0.29) is 0 Å². The normalized spacial score (nSPS) is 10.9. The maximum atomic E-state index is 6.13. The first-order valence-corrected chi connectivity index (χ1v) is 7.71. The smallest absolute Gasteiger partial charge is 0.0900 e. The summed E-state index contributed by atoms with van der Waals surface area (Å²) in [6.45, 7) is 5.84. The van der Waals surface area contributed by atoms with Crippen molar-refractivity contribution in [2.75, 3.05) is 6.54 Å². The Balaban J connectivity index is 1.82. The fraction of sp³-hybridized carbons (Fsp3) is 0.357. The lowest BCUT2D eigenvalue weighted by Crippen LogP contribution is -2.16. The molecule has 1 N–H and O–H groups in total. The van der Waals surface area contributed by atoms with Crippen molar-refractivity contribution in [3.63, 3.8) is 0 Å². The largest absolute Gasteiger partial charge is 0.311 e. The Labute approximate surface area is 127 Å². The lowest BCUT2D eigenvalue weighted by atomic mass is 10.1. The number of halogens is 2. The van der Waals surface area contributed by atoms with Gasteiger partial charge in [0.2, 0.25) is 0 Å². The fourth-order valence-corrected chi connectivity index (χ4v) is 3.30. The first-order valence-electron chi connectivity index (χ1n) is 6.14. The van der Waals surface area contributed by atoms with Gasteiger partial charge in [-0.05, 0) is 44.5 Å². The van der Waals surface area contributed by atoms with Crippen molar-refractivity contribution in [1.82, 2.24) is 10.3 Å². The quantitative estimate of drug-likeness (QED) is 0.827. The van der Waals surface area contributed by atoms with E-state index in [0.29, 0.717) is 5.02 Å².